The van der Waals surface area contributed by atoms with Gasteiger partial charge in [-0.15, -0.1) is 0 Å². The molecule has 5 heteroatoms. The van der Waals surface area contributed by atoms with Gasteiger partial charge in [0.05, 0.1) is 12.5 Å². The fourth-order valence-corrected chi connectivity index (χ4v) is 1.27. The number of halogens is 1. The first-order valence-electron chi connectivity index (χ1n) is 4.30. The zero-order valence-electron chi connectivity index (χ0n) is 7.87. The van der Waals surface area contributed by atoms with Gasteiger partial charge < -0.3 is 10.1 Å². The maximum absolute atomic E-state index is 11.1. The normalized spacial score (nSPS) is 9.07. The summed E-state index contributed by atoms with van der Waals surface area (Å²) in [5.41, 5.74) is 0. The van der Waals surface area contributed by atoms with Gasteiger partial charge in [-0.3, -0.25) is 0 Å². The summed E-state index contributed by atoms with van der Waals surface area (Å²) in [6.07, 6.45) is -0.281. The summed E-state index contributed by atoms with van der Waals surface area (Å²) in [5.74, 6) is 0.457. The molecule has 0 spiro atoms. The van der Waals surface area contributed by atoms with E-state index in [0.29, 0.717) is 12.3 Å². The van der Waals surface area contributed by atoms with Crippen LogP contribution >= 0.6 is 15.9 Å². The summed E-state index contributed by atoms with van der Waals surface area (Å²) in [6, 6.07) is 8.88. The fourth-order valence-electron chi connectivity index (χ4n) is 0.894. The molecule has 0 unspecified atom stereocenters. The van der Waals surface area contributed by atoms with E-state index in [4.69, 9.17) is 10.00 Å². The third-order valence-electron chi connectivity index (χ3n) is 1.51. The van der Waals surface area contributed by atoms with Crippen LogP contribution < -0.4 is 10.1 Å². The Labute approximate surface area is 96.0 Å². The number of ether oxygens (including phenoxy) is 1. The van der Waals surface area contributed by atoms with Gasteiger partial charge in [0, 0.05) is 11.0 Å². The second kappa shape index (κ2) is 6.04. The number of carbonyl (C=O) groups is 1. The summed E-state index contributed by atoms with van der Waals surface area (Å²) in [7, 11) is 0. The molecule has 0 aliphatic carbocycles. The highest BCUT2D eigenvalue weighted by Crippen LogP contribution is 2.17. The quantitative estimate of drug-likeness (QED) is 0.857. The summed E-state index contributed by atoms with van der Waals surface area (Å²) >= 11 is 3.26. The Hall–Kier alpha value is -1.54. The first-order chi connectivity index (χ1) is 7.22. The number of amides is 1. The molecule has 0 bridgehead atoms. The SMILES string of the molecule is N#CCCNC(=O)Oc1cccc(Br)c1. The lowest BCUT2D eigenvalue weighted by Gasteiger charge is -2.04. The Morgan fingerprint density at radius 2 is 2.40 bits per heavy atom. The van der Waals surface area contributed by atoms with Crippen molar-refractivity contribution in [2.24, 2.45) is 0 Å². The molecule has 0 saturated heterocycles. The van der Waals surface area contributed by atoms with Crippen molar-refractivity contribution in [2.45, 2.75) is 6.42 Å². The molecule has 0 aliphatic heterocycles. The molecule has 1 aromatic carbocycles. The van der Waals surface area contributed by atoms with Crippen molar-refractivity contribution < 1.29 is 9.53 Å². The highest BCUT2D eigenvalue weighted by atomic mass is 79.9. The fraction of sp³-hybridized carbons (Fsp3) is 0.200. The van der Waals surface area contributed by atoms with Gasteiger partial charge in [-0.1, -0.05) is 22.0 Å². The molecule has 0 saturated carbocycles. The van der Waals surface area contributed by atoms with E-state index in [1.807, 2.05) is 12.1 Å². The van der Waals surface area contributed by atoms with Crippen LogP contribution in [0.5, 0.6) is 5.75 Å². The van der Waals surface area contributed by atoms with Gasteiger partial charge in [0.2, 0.25) is 0 Å². The molecule has 78 valence electrons. The summed E-state index contributed by atoms with van der Waals surface area (Å²) in [5, 5.41) is 10.7. The number of carbonyl (C=O) groups excluding carboxylic acids is 1. The number of hydrogen-bond acceptors (Lipinski definition) is 3. The van der Waals surface area contributed by atoms with E-state index in [1.165, 1.54) is 0 Å². The van der Waals surface area contributed by atoms with Crippen LogP contribution in [0.3, 0.4) is 0 Å². The standard InChI is InChI=1S/C10H9BrN2O2/c11-8-3-1-4-9(7-8)15-10(14)13-6-2-5-12/h1,3-4,7H,2,6H2,(H,13,14). The van der Waals surface area contributed by atoms with Gasteiger partial charge in [0.25, 0.3) is 0 Å². The van der Waals surface area contributed by atoms with Crippen LogP contribution in [0.25, 0.3) is 0 Å². The molecule has 1 rings (SSSR count). The first kappa shape index (κ1) is 11.5. The van der Waals surface area contributed by atoms with E-state index >= 15 is 0 Å². The minimum absolute atomic E-state index is 0.271. The van der Waals surface area contributed by atoms with Crippen molar-refractivity contribution in [3.63, 3.8) is 0 Å². The molecule has 1 N–H and O–H groups in total. The van der Waals surface area contributed by atoms with Crippen molar-refractivity contribution in [1.29, 1.82) is 5.26 Å². The van der Waals surface area contributed by atoms with Crippen molar-refractivity contribution in [3.05, 3.63) is 28.7 Å². The minimum Gasteiger partial charge on any atom is -0.410 e. The molecule has 0 heterocycles. The third-order valence-corrected chi connectivity index (χ3v) is 2.01. The second-order valence-electron chi connectivity index (χ2n) is 2.68. The highest BCUT2D eigenvalue weighted by Gasteiger charge is 2.02. The van der Waals surface area contributed by atoms with Crippen molar-refractivity contribution in [2.75, 3.05) is 6.54 Å². The molecular weight excluding hydrogens is 260 g/mol. The maximum atomic E-state index is 11.1. The lowest BCUT2D eigenvalue weighted by Crippen LogP contribution is -2.27. The summed E-state index contributed by atoms with van der Waals surface area (Å²) < 4.78 is 5.79. The number of benzene rings is 1. The molecule has 1 aromatic rings. The van der Waals surface area contributed by atoms with Crippen molar-refractivity contribution in [1.82, 2.24) is 5.32 Å². The van der Waals surface area contributed by atoms with E-state index < -0.39 is 6.09 Å². The van der Waals surface area contributed by atoms with Crippen LogP contribution in [0, 0.1) is 11.3 Å². The van der Waals surface area contributed by atoms with Crippen LogP contribution in [0.15, 0.2) is 28.7 Å². The average Bonchev–Trinajstić information content (AvgIpc) is 2.18. The zero-order valence-corrected chi connectivity index (χ0v) is 9.45. The van der Waals surface area contributed by atoms with Gasteiger partial charge in [-0.2, -0.15) is 5.26 Å². The number of nitrogens with zero attached hydrogens (tertiary/aromatic N) is 1. The van der Waals surface area contributed by atoms with E-state index in [1.54, 1.807) is 18.2 Å². The van der Waals surface area contributed by atoms with Gasteiger partial charge in [0.1, 0.15) is 5.75 Å². The smallest absolute Gasteiger partial charge is 0.410 e. The van der Waals surface area contributed by atoms with Crippen LogP contribution in [-0.2, 0) is 0 Å². The number of hydrogen-bond donors (Lipinski definition) is 1. The molecular formula is C10H9BrN2O2. The molecule has 15 heavy (non-hydrogen) atoms. The molecule has 0 aromatic heterocycles. The predicted molar refractivity (Wildman–Crippen MR) is 58.4 cm³/mol. The Morgan fingerprint density at radius 3 is 3.07 bits per heavy atom. The Bertz CT molecular complexity index is 387. The van der Waals surface area contributed by atoms with Crippen LogP contribution in [0.2, 0.25) is 0 Å². The lowest BCUT2D eigenvalue weighted by atomic mass is 10.3. The van der Waals surface area contributed by atoms with E-state index in [-0.39, 0.29) is 6.42 Å². The molecule has 0 aliphatic rings. The molecule has 1 amide bonds. The van der Waals surface area contributed by atoms with Crippen LogP contribution in [0.1, 0.15) is 6.42 Å². The van der Waals surface area contributed by atoms with Crippen molar-refractivity contribution in [3.8, 4) is 11.8 Å². The topological polar surface area (TPSA) is 62.1 Å². The van der Waals surface area contributed by atoms with Crippen LogP contribution in [0.4, 0.5) is 4.79 Å². The summed E-state index contributed by atoms with van der Waals surface area (Å²) in [6.45, 7) is 0.295. The van der Waals surface area contributed by atoms with E-state index in [9.17, 15) is 4.79 Å². The Balaban J connectivity index is 2.42. The van der Waals surface area contributed by atoms with Crippen LogP contribution in [-0.4, -0.2) is 12.6 Å². The van der Waals surface area contributed by atoms with Crippen molar-refractivity contribution >= 4 is 22.0 Å². The van der Waals surface area contributed by atoms with Gasteiger partial charge >= 0.3 is 6.09 Å². The number of rotatable bonds is 3. The zero-order chi connectivity index (χ0) is 11.1. The Kier molecular flexibility index (Phi) is 4.64. The van der Waals surface area contributed by atoms with Gasteiger partial charge in [-0.05, 0) is 18.2 Å². The Morgan fingerprint density at radius 1 is 1.60 bits per heavy atom. The maximum Gasteiger partial charge on any atom is 0.412 e. The minimum atomic E-state index is -0.552. The monoisotopic (exact) mass is 268 g/mol. The van der Waals surface area contributed by atoms with Gasteiger partial charge in [0.15, 0.2) is 0 Å². The second-order valence-corrected chi connectivity index (χ2v) is 3.60. The van der Waals surface area contributed by atoms with Gasteiger partial charge in [-0.25, -0.2) is 4.79 Å². The number of nitrogens with one attached hydrogen (secondary N) is 1. The third kappa shape index (κ3) is 4.47. The molecule has 4 nitrogen and oxygen atoms in total. The lowest BCUT2D eigenvalue weighted by molar-refractivity contribution is 0.201. The van der Waals surface area contributed by atoms with E-state index in [2.05, 4.69) is 21.2 Å². The average molecular weight is 269 g/mol. The summed E-state index contributed by atoms with van der Waals surface area (Å²) in [4.78, 5) is 11.1. The molecule has 0 radical (unpaired) electrons. The molecule has 0 atom stereocenters. The van der Waals surface area contributed by atoms with E-state index in [0.717, 1.165) is 4.47 Å². The largest absolute Gasteiger partial charge is 0.412 e. The number of nitriles is 1. The first-order valence-corrected chi connectivity index (χ1v) is 5.10. The predicted octanol–water partition coefficient (Wildman–Crippen LogP) is 2.45. The highest BCUT2D eigenvalue weighted by molar-refractivity contribution is 9.10. The molecule has 0 fully saturated rings.